The molecule has 0 radical (unpaired) electrons. The SMILES string of the molecule is CC(C)C(CN=C1NC(C)C(C)CS1)C(C)C. The maximum Gasteiger partial charge on any atom is 0.156 e. The maximum atomic E-state index is 4.78. The minimum Gasteiger partial charge on any atom is -0.362 e. The molecule has 1 aliphatic rings. The molecular weight excluding hydrogens is 228 g/mol. The molecule has 1 fully saturated rings. The number of hydrogen-bond donors (Lipinski definition) is 1. The third-order valence-electron chi connectivity index (χ3n) is 3.85. The van der Waals surface area contributed by atoms with Gasteiger partial charge in [0.2, 0.25) is 0 Å². The van der Waals surface area contributed by atoms with E-state index in [1.165, 1.54) is 5.75 Å². The normalized spacial score (nSPS) is 28.2. The van der Waals surface area contributed by atoms with Crippen LogP contribution in [0.25, 0.3) is 0 Å². The van der Waals surface area contributed by atoms with Crippen LogP contribution in [0.15, 0.2) is 4.99 Å². The molecule has 3 heteroatoms. The van der Waals surface area contributed by atoms with E-state index in [4.69, 9.17) is 4.99 Å². The summed E-state index contributed by atoms with van der Waals surface area (Å²) in [5.74, 6) is 4.05. The van der Waals surface area contributed by atoms with Gasteiger partial charge in [-0.2, -0.15) is 0 Å². The fraction of sp³-hybridized carbons (Fsp3) is 0.929. The molecule has 0 spiro atoms. The fourth-order valence-corrected chi connectivity index (χ4v) is 3.35. The number of thioether (sulfide) groups is 1. The van der Waals surface area contributed by atoms with Crippen molar-refractivity contribution < 1.29 is 0 Å². The second-order valence-corrected chi connectivity index (χ2v) is 7.03. The van der Waals surface area contributed by atoms with Gasteiger partial charge in [-0.3, -0.25) is 4.99 Å². The Morgan fingerprint density at radius 3 is 2.29 bits per heavy atom. The van der Waals surface area contributed by atoms with Crippen molar-refractivity contribution in [2.75, 3.05) is 12.3 Å². The summed E-state index contributed by atoms with van der Waals surface area (Å²) >= 11 is 1.88. The van der Waals surface area contributed by atoms with E-state index in [0.29, 0.717) is 23.8 Å². The Hall–Kier alpha value is -0.180. The van der Waals surface area contributed by atoms with Crippen LogP contribution in [-0.4, -0.2) is 23.5 Å². The van der Waals surface area contributed by atoms with E-state index in [9.17, 15) is 0 Å². The van der Waals surface area contributed by atoms with Gasteiger partial charge in [-0.05, 0) is 30.6 Å². The Kier molecular flexibility index (Phi) is 5.84. The molecule has 0 amide bonds. The standard InChI is InChI=1S/C14H28N2S/c1-9(2)13(10(3)4)7-15-14-16-12(6)11(5)8-17-14/h9-13H,7-8H2,1-6H3,(H,15,16). The molecule has 2 nitrogen and oxygen atoms in total. The van der Waals surface area contributed by atoms with Crippen LogP contribution in [0.4, 0.5) is 0 Å². The van der Waals surface area contributed by atoms with Crippen LogP contribution in [0.5, 0.6) is 0 Å². The van der Waals surface area contributed by atoms with Gasteiger partial charge in [-0.1, -0.05) is 46.4 Å². The maximum absolute atomic E-state index is 4.78. The first kappa shape index (κ1) is 14.9. The highest BCUT2D eigenvalue weighted by Crippen LogP contribution is 2.23. The molecule has 2 unspecified atom stereocenters. The molecule has 0 aromatic carbocycles. The zero-order chi connectivity index (χ0) is 13.0. The smallest absolute Gasteiger partial charge is 0.156 e. The lowest BCUT2D eigenvalue weighted by atomic mass is 9.86. The van der Waals surface area contributed by atoms with E-state index < -0.39 is 0 Å². The summed E-state index contributed by atoms with van der Waals surface area (Å²) in [6.45, 7) is 14.7. The van der Waals surface area contributed by atoms with Crippen LogP contribution in [-0.2, 0) is 0 Å². The van der Waals surface area contributed by atoms with E-state index in [1.807, 2.05) is 11.8 Å². The molecule has 17 heavy (non-hydrogen) atoms. The van der Waals surface area contributed by atoms with E-state index in [-0.39, 0.29) is 0 Å². The van der Waals surface area contributed by atoms with Gasteiger partial charge in [-0.15, -0.1) is 0 Å². The van der Waals surface area contributed by atoms with Gasteiger partial charge in [0.25, 0.3) is 0 Å². The number of nitrogens with zero attached hydrogens (tertiary/aromatic N) is 1. The van der Waals surface area contributed by atoms with Crippen molar-refractivity contribution in [3.63, 3.8) is 0 Å². The third kappa shape index (κ3) is 4.53. The molecule has 0 saturated carbocycles. The highest BCUT2D eigenvalue weighted by Gasteiger charge is 2.22. The highest BCUT2D eigenvalue weighted by atomic mass is 32.2. The first-order valence-electron chi connectivity index (χ1n) is 6.85. The quantitative estimate of drug-likeness (QED) is 0.830. The highest BCUT2D eigenvalue weighted by molar-refractivity contribution is 8.13. The van der Waals surface area contributed by atoms with Gasteiger partial charge >= 0.3 is 0 Å². The Labute approximate surface area is 111 Å². The summed E-state index contributed by atoms with van der Waals surface area (Å²) in [5, 5.41) is 4.67. The van der Waals surface area contributed by atoms with Gasteiger partial charge in [0.05, 0.1) is 0 Å². The minimum absolute atomic E-state index is 0.562. The summed E-state index contributed by atoms with van der Waals surface area (Å²) in [7, 11) is 0. The molecule has 0 aromatic rings. The van der Waals surface area contributed by atoms with Crippen LogP contribution in [0.1, 0.15) is 41.5 Å². The lowest BCUT2D eigenvalue weighted by Gasteiger charge is -2.29. The van der Waals surface area contributed by atoms with Crippen LogP contribution in [0.3, 0.4) is 0 Å². The molecule has 0 bridgehead atoms. The van der Waals surface area contributed by atoms with Crippen LogP contribution < -0.4 is 5.32 Å². The fourth-order valence-electron chi connectivity index (χ4n) is 2.20. The number of nitrogens with one attached hydrogen (secondary N) is 1. The van der Waals surface area contributed by atoms with Crippen molar-refractivity contribution in [1.82, 2.24) is 5.32 Å². The van der Waals surface area contributed by atoms with Crippen LogP contribution in [0.2, 0.25) is 0 Å². The van der Waals surface area contributed by atoms with Crippen LogP contribution >= 0.6 is 11.8 Å². The number of hydrogen-bond acceptors (Lipinski definition) is 2. The van der Waals surface area contributed by atoms with Gasteiger partial charge in [0.1, 0.15) is 0 Å². The van der Waals surface area contributed by atoms with E-state index in [2.05, 4.69) is 46.9 Å². The summed E-state index contributed by atoms with van der Waals surface area (Å²) in [5.41, 5.74) is 0. The molecule has 100 valence electrons. The Bertz CT molecular complexity index is 253. The second-order valence-electron chi connectivity index (χ2n) is 6.02. The van der Waals surface area contributed by atoms with Crippen molar-refractivity contribution in [2.24, 2.45) is 28.7 Å². The van der Waals surface area contributed by atoms with Crippen LogP contribution in [0, 0.1) is 23.7 Å². The molecule has 0 aromatic heterocycles. The number of amidine groups is 1. The first-order valence-corrected chi connectivity index (χ1v) is 7.84. The lowest BCUT2D eigenvalue weighted by molar-refractivity contribution is 0.297. The average Bonchev–Trinajstić information content (AvgIpc) is 2.22. The summed E-state index contributed by atoms with van der Waals surface area (Å²) < 4.78 is 0. The Balaban J connectivity index is 2.52. The van der Waals surface area contributed by atoms with E-state index >= 15 is 0 Å². The topological polar surface area (TPSA) is 24.4 Å². The van der Waals surface area contributed by atoms with E-state index in [1.54, 1.807) is 0 Å². The molecular formula is C14H28N2S. The second kappa shape index (κ2) is 6.67. The first-order chi connectivity index (χ1) is 7.91. The molecule has 1 saturated heterocycles. The Morgan fingerprint density at radius 2 is 1.82 bits per heavy atom. The van der Waals surface area contributed by atoms with Gasteiger partial charge in [-0.25, -0.2) is 0 Å². The molecule has 1 rings (SSSR count). The van der Waals surface area contributed by atoms with Gasteiger partial charge in [0, 0.05) is 18.3 Å². The minimum atomic E-state index is 0.562. The van der Waals surface area contributed by atoms with Crippen molar-refractivity contribution in [2.45, 2.75) is 47.6 Å². The predicted molar refractivity (Wildman–Crippen MR) is 79.7 cm³/mol. The largest absolute Gasteiger partial charge is 0.362 e. The van der Waals surface area contributed by atoms with Crippen molar-refractivity contribution in [1.29, 1.82) is 0 Å². The third-order valence-corrected chi connectivity index (χ3v) is 5.06. The number of rotatable bonds is 4. The van der Waals surface area contributed by atoms with Gasteiger partial charge < -0.3 is 5.32 Å². The zero-order valence-corrected chi connectivity index (χ0v) is 13.0. The zero-order valence-electron chi connectivity index (χ0n) is 12.2. The molecule has 2 atom stereocenters. The van der Waals surface area contributed by atoms with Crippen molar-refractivity contribution >= 4 is 16.9 Å². The molecule has 1 aliphatic heterocycles. The van der Waals surface area contributed by atoms with Crippen molar-refractivity contribution in [3.05, 3.63) is 0 Å². The monoisotopic (exact) mass is 256 g/mol. The molecule has 1 heterocycles. The molecule has 0 aliphatic carbocycles. The summed E-state index contributed by atoms with van der Waals surface area (Å²) in [4.78, 5) is 4.78. The Morgan fingerprint density at radius 1 is 1.24 bits per heavy atom. The summed E-state index contributed by atoms with van der Waals surface area (Å²) in [6, 6.07) is 0.562. The average molecular weight is 256 g/mol. The predicted octanol–water partition coefficient (Wildman–Crippen LogP) is 3.63. The lowest BCUT2D eigenvalue weighted by Crippen LogP contribution is -2.41. The van der Waals surface area contributed by atoms with Crippen molar-refractivity contribution in [3.8, 4) is 0 Å². The molecule has 1 N–H and O–H groups in total. The summed E-state index contributed by atoms with van der Waals surface area (Å²) in [6.07, 6.45) is 0. The van der Waals surface area contributed by atoms with E-state index in [0.717, 1.165) is 17.6 Å². The number of aliphatic imine (C=N–C) groups is 1. The van der Waals surface area contributed by atoms with Gasteiger partial charge in [0.15, 0.2) is 5.17 Å².